The van der Waals surface area contributed by atoms with E-state index in [9.17, 15) is 14.4 Å². The predicted octanol–water partition coefficient (Wildman–Crippen LogP) is 4.31. The highest BCUT2D eigenvalue weighted by molar-refractivity contribution is 6.41. The Bertz CT molecular complexity index is 1220. The summed E-state index contributed by atoms with van der Waals surface area (Å²) in [5.41, 5.74) is -0.294. The van der Waals surface area contributed by atoms with Gasteiger partial charge in [-0.25, -0.2) is 9.59 Å². The predicted molar refractivity (Wildman–Crippen MR) is 164 cm³/mol. The average Bonchev–Trinajstić information content (AvgIpc) is 3.02. The van der Waals surface area contributed by atoms with Crippen LogP contribution >= 0.6 is 46.4 Å². The molecule has 4 rings (SSSR count). The number of esters is 2. The van der Waals surface area contributed by atoms with Gasteiger partial charge in [0.05, 0.1) is 46.5 Å². The first-order valence-electron chi connectivity index (χ1n) is 13.9. The van der Waals surface area contributed by atoms with E-state index < -0.39 is 30.9 Å². The van der Waals surface area contributed by atoms with E-state index in [0.29, 0.717) is 52.7 Å². The third kappa shape index (κ3) is 9.82. The molecule has 11 nitrogen and oxygen atoms in total. The molecule has 2 aliphatic rings. The number of ketones is 1. The van der Waals surface area contributed by atoms with Crippen molar-refractivity contribution < 1.29 is 42.8 Å². The van der Waals surface area contributed by atoms with Crippen molar-refractivity contribution in [2.75, 3.05) is 92.1 Å². The molecule has 2 saturated heterocycles. The van der Waals surface area contributed by atoms with Gasteiger partial charge < -0.3 is 28.4 Å². The van der Waals surface area contributed by atoms with Crippen LogP contribution in [0.4, 0.5) is 0 Å². The van der Waals surface area contributed by atoms with Gasteiger partial charge in [0.15, 0.2) is 13.2 Å². The fourth-order valence-electron chi connectivity index (χ4n) is 4.36. The average molecular weight is 694 g/mol. The zero-order chi connectivity index (χ0) is 31.5. The van der Waals surface area contributed by atoms with Gasteiger partial charge in [-0.05, 0) is 24.3 Å². The Labute approximate surface area is 275 Å². The Balaban J connectivity index is 1.25. The summed E-state index contributed by atoms with van der Waals surface area (Å²) in [6.45, 7) is 6.41. The zero-order valence-corrected chi connectivity index (χ0v) is 26.8. The molecule has 0 radical (unpaired) electrons. The third-order valence-electron chi connectivity index (χ3n) is 6.79. The van der Waals surface area contributed by atoms with E-state index in [1.54, 1.807) is 12.1 Å². The van der Waals surface area contributed by atoms with Crippen molar-refractivity contribution in [1.82, 2.24) is 9.80 Å². The smallest absolute Gasteiger partial charge is 0.341 e. The molecule has 2 aromatic carbocycles. The Hall–Kier alpha value is -2.35. The van der Waals surface area contributed by atoms with Crippen LogP contribution in [-0.4, -0.2) is 120 Å². The molecule has 2 fully saturated rings. The van der Waals surface area contributed by atoms with E-state index >= 15 is 0 Å². The van der Waals surface area contributed by atoms with Gasteiger partial charge in [0.25, 0.3) is 0 Å². The molecule has 44 heavy (non-hydrogen) atoms. The summed E-state index contributed by atoms with van der Waals surface area (Å²) in [5.74, 6) is -2.09. The minimum absolute atomic E-state index is 0.0238. The van der Waals surface area contributed by atoms with Crippen molar-refractivity contribution in [3.63, 3.8) is 0 Å². The molecule has 2 aliphatic heterocycles. The number of hydrogen-bond donors (Lipinski definition) is 0. The molecule has 0 bridgehead atoms. The minimum Gasteiger partial charge on any atom is -0.491 e. The monoisotopic (exact) mass is 692 g/mol. The number of rotatable bonds is 14. The molecule has 2 aromatic rings. The van der Waals surface area contributed by atoms with E-state index in [-0.39, 0.29) is 42.7 Å². The lowest BCUT2D eigenvalue weighted by Gasteiger charge is -2.26. The molecule has 0 amide bonds. The highest BCUT2D eigenvalue weighted by Crippen LogP contribution is 2.35. The zero-order valence-electron chi connectivity index (χ0n) is 23.8. The summed E-state index contributed by atoms with van der Waals surface area (Å²) >= 11 is 25.2. The van der Waals surface area contributed by atoms with Crippen molar-refractivity contribution in [1.29, 1.82) is 0 Å². The van der Waals surface area contributed by atoms with Crippen molar-refractivity contribution in [3.8, 4) is 11.5 Å². The van der Waals surface area contributed by atoms with Crippen molar-refractivity contribution in [2.45, 2.75) is 0 Å². The summed E-state index contributed by atoms with van der Waals surface area (Å²) in [6.07, 6.45) is 0. The molecule has 0 unspecified atom stereocenters. The molecule has 2 heterocycles. The lowest BCUT2D eigenvalue weighted by molar-refractivity contribution is -0.125. The van der Waals surface area contributed by atoms with Crippen LogP contribution in [0.1, 0.15) is 20.7 Å². The van der Waals surface area contributed by atoms with Gasteiger partial charge in [0, 0.05) is 39.3 Å². The lowest BCUT2D eigenvalue weighted by atomic mass is 10.2. The van der Waals surface area contributed by atoms with Gasteiger partial charge in [-0.15, -0.1) is 0 Å². The molecule has 240 valence electrons. The summed E-state index contributed by atoms with van der Waals surface area (Å²) < 4.78 is 32.4. The molecule has 0 aromatic heterocycles. The van der Waals surface area contributed by atoms with Gasteiger partial charge >= 0.3 is 11.9 Å². The van der Waals surface area contributed by atoms with E-state index in [2.05, 4.69) is 9.80 Å². The lowest BCUT2D eigenvalue weighted by Crippen LogP contribution is -2.38. The van der Waals surface area contributed by atoms with Crippen LogP contribution in [0, 0.1) is 0 Å². The van der Waals surface area contributed by atoms with Gasteiger partial charge in [-0.3, -0.25) is 14.6 Å². The van der Waals surface area contributed by atoms with E-state index in [1.165, 1.54) is 12.1 Å². The quantitative estimate of drug-likeness (QED) is 0.264. The first-order valence-corrected chi connectivity index (χ1v) is 15.4. The fourth-order valence-corrected chi connectivity index (χ4v) is 5.52. The second-order valence-corrected chi connectivity index (χ2v) is 11.3. The molecule has 0 spiro atoms. The Kier molecular flexibility index (Phi) is 13.6. The van der Waals surface area contributed by atoms with Crippen LogP contribution in [0.15, 0.2) is 24.3 Å². The normalized spacial score (nSPS) is 15.9. The van der Waals surface area contributed by atoms with Crippen LogP contribution in [0.5, 0.6) is 11.5 Å². The van der Waals surface area contributed by atoms with E-state index in [1.807, 2.05) is 0 Å². The SMILES string of the molecule is O=C(COC(=O)c1c(Cl)ccc(OCCN2CCOCC2)c1Cl)COC(=O)c1c(Cl)ccc(OCCN2CCOCC2)c1Cl. The maximum Gasteiger partial charge on any atom is 0.341 e. The number of Topliss-reactive ketones (excluding diaryl/α,β-unsaturated/α-hetero) is 1. The molecule has 0 aliphatic carbocycles. The first kappa shape index (κ1) is 34.5. The number of carbonyl (C=O) groups is 3. The number of morpholine rings is 2. The standard InChI is InChI=1S/C29H32Cl4N2O9/c30-20-1-3-22(41-15-9-34-5-11-39-12-6-34)26(32)24(20)28(37)43-17-19(36)18-44-29(38)25-21(31)2-4-23(27(25)33)42-16-10-35-7-13-40-14-8-35/h1-4H,5-18H2. The van der Waals surface area contributed by atoms with E-state index in [4.69, 9.17) is 74.8 Å². The maximum atomic E-state index is 12.8. The second kappa shape index (κ2) is 17.4. The number of ether oxygens (including phenoxy) is 6. The number of nitrogens with zero attached hydrogens (tertiary/aromatic N) is 2. The second-order valence-electron chi connectivity index (χ2n) is 9.76. The molecular weight excluding hydrogens is 662 g/mol. The first-order chi connectivity index (χ1) is 21.2. The van der Waals surface area contributed by atoms with E-state index in [0.717, 1.165) is 26.2 Å². The topological polar surface area (TPSA) is 113 Å². The number of hydrogen-bond acceptors (Lipinski definition) is 11. The molecule has 0 atom stereocenters. The van der Waals surface area contributed by atoms with Crippen molar-refractivity contribution in [3.05, 3.63) is 55.5 Å². The summed E-state index contributed by atoms with van der Waals surface area (Å²) in [6, 6.07) is 5.99. The Morgan fingerprint density at radius 1 is 0.636 bits per heavy atom. The largest absolute Gasteiger partial charge is 0.491 e. The molecular formula is C29H32Cl4N2O9. The molecule has 0 N–H and O–H groups in total. The number of benzene rings is 2. The highest BCUT2D eigenvalue weighted by Gasteiger charge is 2.24. The van der Waals surface area contributed by atoms with Crippen molar-refractivity contribution >= 4 is 64.1 Å². The maximum absolute atomic E-state index is 12.8. The van der Waals surface area contributed by atoms with Gasteiger partial charge in [-0.1, -0.05) is 46.4 Å². The highest BCUT2D eigenvalue weighted by atomic mass is 35.5. The van der Waals surface area contributed by atoms with Crippen LogP contribution in [-0.2, 0) is 23.7 Å². The summed E-state index contributed by atoms with van der Waals surface area (Å²) in [7, 11) is 0. The Morgan fingerprint density at radius 2 is 1.02 bits per heavy atom. The number of halogens is 4. The molecule has 0 saturated carbocycles. The summed E-state index contributed by atoms with van der Waals surface area (Å²) in [5, 5.41) is -0.0363. The van der Waals surface area contributed by atoms with Crippen LogP contribution < -0.4 is 9.47 Å². The number of carbonyl (C=O) groups excluding carboxylic acids is 3. The molecule has 15 heteroatoms. The minimum atomic E-state index is -0.939. The van der Waals surface area contributed by atoms with Crippen LogP contribution in [0.2, 0.25) is 20.1 Å². The van der Waals surface area contributed by atoms with Crippen LogP contribution in [0.25, 0.3) is 0 Å². The van der Waals surface area contributed by atoms with Gasteiger partial charge in [-0.2, -0.15) is 0 Å². The third-order valence-corrected chi connectivity index (χ3v) is 8.17. The van der Waals surface area contributed by atoms with Crippen molar-refractivity contribution in [2.24, 2.45) is 0 Å². The Morgan fingerprint density at radius 3 is 1.41 bits per heavy atom. The summed E-state index contributed by atoms with van der Waals surface area (Å²) in [4.78, 5) is 42.3. The van der Waals surface area contributed by atoms with Crippen LogP contribution in [0.3, 0.4) is 0 Å². The van der Waals surface area contributed by atoms with Gasteiger partial charge in [0.2, 0.25) is 5.78 Å². The van der Waals surface area contributed by atoms with Gasteiger partial charge in [0.1, 0.15) is 35.8 Å². The fraction of sp³-hybridized carbons (Fsp3) is 0.483.